The molecule has 0 aromatic carbocycles. The van der Waals surface area contributed by atoms with E-state index in [-0.39, 0.29) is 0 Å². The van der Waals surface area contributed by atoms with Crippen molar-refractivity contribution in [3.63, 3.8) is 0 Å². The van der Waals surface area contributed by atoms with Crippen molar-refractivity contribution >= 4 is 0 Å². The number of rotatable bonds is 4. The number of nitrogens with one attached hydrogen (secondary N) is 1. The number of ether oxygens (including phenoxy) is 1. The average Bonchev–Trinajstić information content (AvgIpc) is 2.63. The van der Waals surface area contributed by atoms with Gasteiger partial charge in [-0.25, -0.2) is 0 Å². The molecule has 0 bridgehead atoms. The molecule has 1 N–H and O–H groups in total. The lowest BCUT2D eigenvalue weighted by atomic mass is 10.0. The summed E-state index contributed by atoms with van der Waals surface area (Å²) in [6, 6.07) is 0. The van der Waals surface area contributed by atoms with Crippen LogP contribution in [0.3, 0.4) is 0 Å². The van der Waals surface area contributed by atoms with Crippen LogP contribution < -0.4 is 5.32 Å². The Labute approximate surface area is 106 Å². The first-order valence-corrected chi connectivity index (χ1v) is 7.30. The zero-order chi connectivity index (χ0) is 12.1. The van der Waals surface area contributed by atoms with Crippen LogP contribution in [0.2, 0.25) is 0 Å². The monoisotopic (exact) mass is 240 g/mol. The fourth-order valence-electron chi connectivity index (χ4n) is 3.09. The quantitative estimate of drug-likeness (QED) is 0.812. The van der Waals surface area contributed by atoms with E-state index < -0.39 is 0 Å². The highest BCUT2D eigenvalue weighted by Gasteiger charge is 2.26. The Morgan fingerprint density at radius 1 is 1.12 bits per heavy atom. The van der Waals surface area contributed by atoms with E-state index in [1.807, 2.05) is 7.05 Å². The third-order valence-corrected chi connectivity index (χ3v) is 4.20. The molecule has 0 aromatic heterocycles. The smallest absolute Gasteiger partial charge is 0.0707 e. The predicted octanol–water partition coefficient (Wildman–Crippen LogP) is 1.88. The Morgan fingerprint density at radius 3 is 2.76 bits per heavy atom. The van der Waals surface area contributed by atoms with Crippen LogP contribution in [0.15, 0.2) is 0 Å². The van der Waals surface area contributed by atoms with Crippen molar-refractivity contribution in [3.05, 3.63) is 0 Å². The molecule has 0 radical (unpaired) electrons. The lowest BCUT2D eigenvalue weighted by Gasteiger charge is -2.24. The first kappa shape index (κ1) is 13.3. The predicted molar refractivity (Wildman–Crippen MR) is 71.3 cm³/mol. The second-order valence-corrected chi connectivity index (χ2v) is 5.85. The number of hydrogen-bond donors (Lipinski definition) is 1. The maximum atomic E-state index is 6.07. The first-order chi connectivity index (χ1) is 8.28. The molecule has 2 aliphatic heterocycles. The maximum absolute atomic E-state index is 6.07. The molecular weight excluding hydrogens is 212 g/mol. The van der Waals surface area contributed by atoms with Crippen LogP contribution in [-0.4, -0.2) is 50.3 Å². The minimum atomic E-state index is 0.455. The van der Waals surface area contributed by atoms with E-state index in [2.05, 4.69) is 17.1 Å². The molecule has 2 rings (SSSR count). The molecule has 100 valence electrons. The molecule has 2 heterocycles. The van der Waals surface area contributed by atoms with E-state index in [1.165, 1.54) is 45.2 Å². The summed E-state index contributed by atoms with van der Waals surface area (Å²) in [5.41, 5.74) is 0. The van der Waals surface area contributed by atoms with Gasteiger partial charge >= 0.3 is 0 Å². The number of likely N-dealkylation sites (N-methyl/N-ethyl adjacent to an activating group) is 1. The molecule has 17 heavy (non-hydrogen) atoms. The highest BCUT2D eigenvalue weighted by Crippen LogP contribution is 2.22. The molecule has 0 spiro atoms. The minimum Gasteiger partial charge on any atom is -0.372 e. The molecule has 0 saturated carbocycles. The van der Waals surface area contributed by atoms with E-state index in [1.54, 1.807) is 0 Å². The Kier molecular flexibility index (Phi) is 5.26. The summed E-state index contributed by atoms with van der Waals surface area (Å²) in [5.74, 6) is 0.918. The van der Waals surface area contributed by atoms with Crippen LogP contribution in [0.1, 0.15) is 39.0 Å². The molecule has 3 heteroatoms. The van der Waals surface area contributed by atoms with Gasteiger partial charge in [0.2, 0.25) is 0 Å². The van der Waals surface area contributed by atoms with Crippen molar-refractivity contribution in [1.82, 2.24) is 10.2 Å². The minimum absolute atomic E-state index is 0.455. The van der Waals surface area contributed by atoms with E-state index in [0.29, 0.717) is 12.2 Å². The largest absolute Gasteiger partial charge is 0.372 e. The maximum Gasteiger partial charge on any atom is 0.0707 e. The van der Waals surface area contributed by atoms with Gasteiger partial charge in [0.25, 0.3) is 0 Å². The summed E-state index contributed by atoms with van der Waals surface area (Å²) in [5, 5.41) is 3.21. The van der Waals surface area contributed by atoms with Crippen molar-refractivity contribution in [3.8, 4) is 0 Å². The molecule has 2 fully saturated rings. The van der Waals surface area contributed by atoms with Gasteiger partial charge in [0.15, 0.2) is 0 Å². The van der Waals surface area contributed by atoms with E-state index in [4.69, 9.17) is 4.74 Å². The molecule has 0 aliphatic carbocycles. The lowest BCUT2D eigenvalue weighted by Crippen LogP contribution is -2.34. The summed E-state index contributed by atoms with van der Waals surface area (Å²) in [6.45, 7) is 7.11. The number of likely N-dealkylation sites (tertiary alicyclic amines) is 1. The van der Waals surface area contributed by atoms with Gasteiger partial charge in [-0.3, -0.25) is 0 Å². The molecule has 2 aliphatic rings. The van der Waals surface area contributed by atoms with Crippen molar-refractivity contribution in [2.75, 3.05) is 33.2 Å². The summed E-state index contributed by atoms with van der Waals surface area (Å²) >= 11 is 0. The Balaban J connectivity index is 1.70. The van der Waals surface area contributed by atoms with Gasteiger partial charge in [0, 0.05) is 13.1 Å². The Bertz CT molecular complexity index is 222. The van der Waals surface area contributed by atoms with Crippen LogP contribution in [0.4, 0.5) is 0 Å². The number of nitrogens with zero attached hydrogens (tertiary/aromatic N) is 1. The first-order valence-electron chi connectivity index (χ1n) is 7.30. The van der Waals surface area contributed by atoms with Crippen LogP contribution >= 0.6 is 0 Å². The van der Waals surface area contributed by atoms with Gasteiger partial charge < -0.3 is 15.0 Å². The van der Waals surface area contributed by atoms with Crippen LogP contribution in [0, 0.1) is 5.92 Å². The molecule has 2 saturated heterocycles. The van der Waals surface area contributed by atoms with E-state index >= 15 is 0 Å². The molecular formula is C14H28N2O. The zero-order valence-corrected chi connectivity index (χ0v) is 11.5. The fourth-order valence-corrected chi connectivity index (χ4v) is 3.09. The van der Waals surface area contributed by atoms with E-state index in [0.717, 1.165) is 19.0 Å². The van der Waals surface area contributed by atoms with Crippen LogP contribution in [0.5, 0.6) is 0 Å². The molecule has 3 nitrogen and oxygen atoms in total. The normalized spacial score (nSPS) is 36.0. The summed E-state index contributed by atoms with van der Waals surface area (Å²) in [4.78, 5) is 2.62. The standard InChI is InChI=1S/C14H28N2O/c1-12-4-3-8-16(9-7-12)11-14-6-5-13(17-14)10-15-2/h12-15H,3-11H2,1-2H3. The topological polar surface area (TPSA) is 24.5 Å². The Morgan fingerprint density at radius 2 is 1.94 bits per heavy atom. The highest BCUT2D eigenvalue weighted by molar-refractivity contribution is 4.79. The SMILES string of the molecule is CNCC1CCC(CN2CCCC(C)CC2)O1. The summed E-state index contributed by atoms with van der Waals surface area (Å²) in [6.07, 6.45) is 7.57. The average molecular weight is 240 g/mol. The summed E-state index contributed by atoms with van der Waals surface area (Å²) < 4.78 is 6.07. The van der Waals surface area contributed by atoms with Gasteiger partial charge in [-0.2, -0.15) is 0 Å². The molecule has 3 atom stereocenters. The van der Waals surface area contributed by atoms with Crippen LogP contribution in [-0.2, 0) is 4.74 Å². The highest BCUT2D eigenvalue weighted by atomic mass is 16.5. The lowest BCUT2D eigenvalue weighted by molar-refractivity contribution is 0.0246. The Hall–Kier alpha value is -0.120. The van der Waals surface area contributed by atoms with Crippen molar-refractivity contribution in [1.29, 1.82) is 0 Å². The molecule has 0 aromatic rings. The number of hydrogen-bond acceptors (Lipinski definition) is 3. The van der Waals surface area contributed by atoms with Gasteiger partial charge in [0.05, 0.1) is 12.2 Å². The van der Waals surface area contributed by atoms with Crippen molar-refractivity contribution < 1.29 is 4.74 Å². The zero-order valence-electron chi connectivity index (χ0n) is 11.5. The van der Waals surface area contributed by atoms with Crippen molar-refractivity contribution in [2.24, 2.45) is 5.92 Å². The molecule has 0 amide bonds. The van der Waals surface area contributed by atoms with Gasteiger partial charge in [-0.15, -0.1) is 0 Å². The van der Waals surface area contributed by atoms with E-state index in [9.17, 15) is 0 Å². The van der Waals surface area contributed by atoms with Crippen molar-refractivity contribution in [2.45, 2.75) is 51.2 Å². The second-order valence-electron chi connectivity index (χ2n) is 5.85. The third-order valence-electron chi connectivity index (χ3n) is 4.20. The van der Waals surface area contributed by atoms with Crippen LogP contribution in [0.25, 0.3) is 0 Å². The summed E-state index contributed by atoms with van der Waals surface area (Å²) in [7, 11) is 2.01. The fraction of sp³-hybridized carbons (Fsp3) is 1.00. The second kappa shape index (κ2) is 6.72. The van der Waals surface area contributed by atoms with Gasteiger partial charge in [-0.05, 0) is 58.2 Å². The third kappa shape index (κ3) is 4.23. The van der Waals surface area contributed by atoms with Gasteiger partial charge in [-0.1, -0.05) is 6.92 Å². The van der Waals surface area contributed by atoms with Gasteiger partial charge in [0.1, 0.15) is 0 Å². The molecule has 3 unspecified atom stereocenters.